The Morgan fingerprint density at radius 2 is 2.11 bits per heavy atom. The largest absolute Gasteiger partial charge is 0.466 e. The predicted octanol–water partition coefficient (Wildman–Crippen LogP) is 2.80. The molecule has 1 N–H and O–H groups in total. The van der Waals surface area contributed by atoms with E-state index in [0.717, 1.165) is 0 Å². The van der Waals surface area contributed by atoms with Gasteiger partial charge in [-0.05, 0) is 26.0 Å². The van der Waals surface area contributed by atoms with Gasteiger partial charge in [0.2, 0.25) is 0 Å². The molecule has 4 nitrogen and oxygen atoms in total. The molecule has 0 radical (unpaired) electrons. The Hall–Kier alpha value is -2.43. The van der Waals surface area contributed by atoms with Crippen molar-refractivity contribution in [3.8, 4) is 0 Å². The topological polar surface area (TPSA) is 54.6 Å². The van der Waals surface area contributed by atoms with Gasteiger partial charge in [-0.1, -0.05) is 18.2 Å². The molecule has 1 heterocycles. The van der Waals surface area contributed by atoms with E-state index in [-0.39, 0.29) is 5.91 Å². The molecule has 1 aromatic carbocycles. The van der Waals surface area contributed by atoms with Gasteiger partial charge in [0.15, 0.2) is 0 Å². The highest BCUT2D eigenvalue weighted by molar-refractivity contribution is 5.95. The number of halogens is 1. The number of rotatable bonds is 3. The van der Waals surface area contributed by atoms with Gasteiger partial charge in [0.25, 0.3) is 5.91 Å². The number of aryl methyl sites for hydroxylation is 2. The standard InChI is InChI=1S/C14H13FN2O2/c1-9-7-12(10(2)19-9)14(18)17-16-8-11-5-3-4-6-13(11)15/h3-8H,1-2H3,(H,17,18)/b16-8-. The molecular formula is C14H13FN2O2. The molecular weight excluding hydrogens is 247 g/mol. The molecule has 2 rings (SSSR count). The van der Waals surface area contributed by atoms with Crippen molar-refractivity contribution >= 4 is 12.1 Å². The second kappa shape index (κ2) is 5.48. The molecule has 0 saturated carbocycles. The van der Waals surface area contributed by atoms with E-state index in [1.165, 1.54) is 12.3 Å². The number of amides is 1. The van der Waals surface area contributed by atoms with Crippen LogP contribution >= 0.6 is 0 Å². The van der Waals surface area contributed by atoms with E-state index in [1.807, 2.05) is 0 Å². The van der Waals surface area contributed by atoms with Crippen molar-refractivity contribution in [1.82, 2.24) is 5.43 Å². The van der Waals surface area contributed by atoms with E-state index in [2.05, 4.69) is 10.5 Å². The van der Waals surface area contributed by atoms with E-state index in [1.54, 1.807) is 38.1 Å². The quantitative estimate of drug-likeness (QED) is 0.681. The zero-order valence-corrected chi connectivity index (χ0v) is 10.6. The summed E-state index contributed by atoms with van der Waals surface area (Å²) in [5.74, 6) is 0.398. The lowest BCUT2D eigenvalue weighted by molar-refractivity contribution is 0.0953. The summed E-state index contributed by atoms with van der Waals surface area (Å²) >= 11 is 0. The zero-order valence-electron chi connectivity index (χ0n) is 10.6. The summed E-state index contributed by atoms with van der Waals surface area (Å²) in [5, 5.41) is 3.72. The summed E-state index contributed by atoms with van der Waals surface area (Å²) in [6.45, 7) is 3.45. The Kier molecular flexibility index (Phi) is 3.75. The van der Waals surface area contributed by atoms with Gasteiger partial charge in [-0.25, -0.2) is 9.82 Å². The van der Waals surface area contributed by atoms with E-state index < -0.39 is 5.82 Å². The Morgan fingerprint density at radius 1 is 1.37 bits per heavy atom. The van der Waals surface area contributed by atoms with Crippen molar-refractivity contribution < 1.29 is 13.6 Å². The van der Waals surface area contributed by atoms with E-state index >= 15 is 0 Å². The first-order valence-corrected chi connectivity index (χ1v) is 5.73. The number of hydrazone groups is 1. The fourth-order valence-electron chi connectivity index (χ4n) is 1.66. The average molecular weight is 260 g/mol. The van der Waals surface area contributed by atoms with Gasteiger partial charge in [0.05, 0.1) is 11.8 Å². The summed E-state index contributed by atoms with van der Waals surface area (Å²) in [7, 11) is 0. The summed E-state index contributed by atoms with van der Waals surface area (Å²) in [4.78, 5) is 11.8. The van der Waals surface area contributed by atoms with Crippen molar-refractivity contribution in [3.63, 3.8) is 0 Å². The first-order chi connectivity index (χ1) is 9.08. The van der Waals surface area contributed by atoms with Crippen LogP contribution in [0.5, 0.6) is 0 Å². The fraction of sp³-hybridized carbons (Fsp3) is 0.143. The van der Waals surface area contributed by atoms with Gasteiger partial charge in [-0.3, -0.25) is 4.79 Å². The van der Waals surface area contributed by atoms with Crippen LogP contribution < -0.4 is 5.43 Å². The normalized spacial score (nSPS) is 10.9. The van der Waals surface area contributed by atoms with Gasteiger partial charge in [-0.2, -0.15) is 5.10 Å². The second-order valence-electron chi connectivity index (χ2n) is 4.05. The average Bonchev–Trinajstić information content (AvgIpc) is 2.71. The van der Waals surface area contributed by atoms with Crippen LogP contribution in [0.1, 0.15) is 27.4 Å². The van der Waals surface area contributed by atoms with Gasteiger partial charge in [0, 0.05) is 5.56 Å². The van der Waals surface area contributed by atoms with Gasteiger partial charge in [0.1, 0.15) is 17.3 Å². The number of nitrogens with zero attached hydrogens (tertiary/aromatic N) is 1. The lowest BCUT2D eigenvalue weighted by Gasteiger charge is -1.98. The number of hydrogen-bond acceptors (Lipinski definition) is 3. The Morgan fingerprint density at radius 3 is 2.74 bits per heavy atom. The molecule has 0 atom stereocenters. The maximum Gasteiger partial charge on any atom is 0.274 e. The van der Waals surface area contributed by atoms with Crippen molar-refractivity contribution in [2.45, 2.75) is 13.8 Å². The third kappa shape index (κ3) is 3.07. The van der Waals surface area contributed by atoms with Crippen molar-refractivity contribution in [3.05, 3.63) is 58.8 Å². The Bertz CT molecular complexity index is 632. The van der Waals surface area contributed by atoms with Crippen LogP contribution in [0, 0.1) is 19.7 Å². The SMILES string of the molecule is Cc1cc(C(=O)N/N=C\c2ccccc2F)c(C)o1. The molecule has 19 heavy (non-hydrogen) atoms. The number of carbonyl (C=O) groups is 1. The van der Waals surface area contributed by atoms with E-state index in [9.17, 15) is 9.18 Å². The number of hydrogen-bond donors (Lipinski definition) is 1. The van der Waals surface area contributed by atoms with Crippen LogP contribution in [0.3, 0.4) is 0 Å². The molecule has 0 bridgehead atoms. The summed E-state index contributed by atoms with van der Waals surface area (Å²) in [5.41, 5.74) is 3.06. The summed E-state index contributed by atoms with van der Waals surface area (Å²) in [6, 6.07) is 7.80. The van der Waals surface area contributed by atoms with Crippen LogP contribution in [-0.4, -0.2) is 12.1 Å². The third-order valence-corrected chi connectivity index (χ3v) is 2.56. The smallest absolute Gasteiger partial charge is 0.274 e. The first kappa shape index (κ1) is 13.0. The molecule has 0 fully saturated rings. The highest BCUT2D eigenvalue weighted by Crippen LogP contribution is 2.13. The van der Waals surface area contributed by atoms with Crippen molar-refractivity contribution in [1.29, 1.82) is 0 Å². The van der Waals surface area contributed by atoms with Crippen molar-refractivity contribution in [2.24, 2.45) is 5.10 Å². The maximum atomic E-state index is 13.3. The highest BCUT2D eigenvalue weighted by Gasteiger charge is 2.12. The second-order valence-corrected chi connectivity index (χ2v) is 4.05. The maximum absolute atomic E-state index is 13.3. The van der Waals surface area contributed by atoms with Crippen LogP contribution in [-0.2, 0) is 0 Å². The highest BCUT2D eigenvalue weighted by atomic mass is 19.1. The minimum Gasteiger partial charge on any atom is -0.466 e. The van der Waals surface area contributed by atoms with E-state index in [4.69, 9.17) is 4.42 Å². The Balaban J connectivity index is 2.05. The molecule has 2 aromatic rings. The molecule has 0 aliphatic carbocycles. The van der Waals surface area contributed by atoms with Gasteiger partial charge >= 0.3 is 0 Å². The van der Waals surface area contributed by atoms with E-state index in [0.29, 0.717) is 22.6 Å². The van der Waals surface area contributed by atoms with Crippen LogP contribution in [0.25, 0.3) is 0 Å². The Labute approximate surface area is 109 Å². The number of nitrogens with one attached hydrogen (secondary N) is 1. The van der Waals surface area contributed by atoms with Crippen LogP contribution in [0.15, 0.2) is 39.9 Å². The molecule has 0 aliphatic heterocycles. The van der Waals surface area contributed by atoms with Crippen LogP contribution in [0.2, 0.25) is 0 Å². The van der Waals surface area contributed by atoms with Gasteiger partial charge in [-0.15, -0.1) is 0 Å². The lowest BCUT2D eigenvalue weighted by Crippen LogP contribution is -2.17. The molecule has 1 aromatic heterocycles. The third-order valence-electron chi connectivity index (χ3n) is 2.56. The van der Waals surface area contributed by atoms with Crippen LogP contribution in [0.4, 0.5) is 4.39 Å². The summed E-state index contributed by atoms with van der Waals surface area (Å²) < 4.78 is 18.5. The molecule has 0 spiro atoms. The number of furan rings is 1. The minimum atomic E-state index is -0.393. The molecule has 1 amide bonds. The first-order valence-electron chi connectivity index (χ1n) is 5.73. The number of benzene rings is 1. The molecule has 5 heteroatoms. The van der Waals surface area contributed by atoms with Crippen molar-refractivity contribution in [2.75, 3.05) is 0 Å². The molecule has 0 aliphatic rings. The summed E-state index contributed by atoms with van der Waals surface area (Å²) in [6.07, 6.45) is 1.26. The predicted molar refractivity (Wildman–Crippen MR) is 69.6 cm³/mol. The lowest BCUT2D eigenvalue weighted by atomic mass is 10.2. The number of carbonyl (C=O) groups excluding carboxylic acids is 1. The molecule has 98 valence electrons. The molecule has 0 saturated heterocycles. The minimum absolute atomic E-state index is 0.308. The van der Waals surface area contributed by atoms with Gasteiger partial charge < -0.3 is 4.42 Å². The molecule has 0 unspecified atom stereocenters. The monoisotopic (exact) mass is 260 g/mol. The fourth-order valence-corrected chi connectivity index (χ4v) is 1.66. The zero-order chi connectivity index (χ0) is 13.8.